The Balaban J connectivity index is 2.65. The molecule has 1 aliphatic heterocycles. The topological polar surface area (TPSA) is 21.9 Å². The fourth-order valence-electron chi connectivity index (χ4n) is 0.943. The second-order valence-electron chi connectivity index (χ2n) is 2.84. The van der Waals surface area contributed by atoms with E-state index in [1.165, 1.54) is 11.1 Å². The second-order valence-corrected chi connectivity index (χ2v) is 2.84. The largest absolute Gasteiger partial charge is 0.307 e. The number of rotatable bonds is 3. The molecule has 0 aromatic rings. The van der Waals surface area contributed by atoms with E-state index >= 15 is 0 Å². The molecule has 0 saturated carbocycles. The first kappa shape index (κ1) is 8.28. The molecule has 60 valence electrons. The van der Waals surface area contributed by atoms with E-state index < -0.39 is 0 Å². The Bertz CT molecular complexity index is 207. The molecule has 1 fully saturated rings. The second kappa shape index (κ2) is 3.54. The first-order chi connectivity index (χ1) is 5.27. The van der Waals surface area contributed by atoms with Crippen LogP contribution in [0.25, 0.3) is 0 Å². The average molecular weight is 149 g/mol. The van der Waals surface area contributed by atoms with Gasteiger partial charge in [0.1, 0.15) is 0 Å². The van der Waals surface area contributed by atoms with E-state index in [1.807, 2.05) is 13.0 Å². The van der Waals surface area contributed by atoms with E-state index in [1.54, 1.807) is 0 Å². The molecule has 0 radical (unpaired) electrons. The molecule has 0 aliphatic carbocycles. The highest BCUT2D eigenvalue weighted by Gasteiger charge is 2.22. The van der Waals surface area contributed by atoms with Gasteiger partial charge in [0, 0.05) is 12.6 Å². The van der Waals surface area contributed by atoms with Gasteiger partial charge in [0.05, 0.1) is 0 Å². The van der Waals surface area contributed by atoms with Crippen molar-refractivity contribution in [1.82, 2.24) is 5.32 Å². The molecule has 1 heterocycles. The van der Waals surface area contributed by atoms with E-state index in [4.69, 9.17) is 0 Å². The molecule has 1 saturated heterocycles. The average Bonchev–Trinajstić information content (AvgIpc) is 2.82. The maximum atomic E-state index is 3.77. The highest BCUT2D eigenvalue weighted by atomic mass is 15.1. The first-order valence-electron chi connectivity index (χ1n) is 3.98. The molecule has 1 heteroatoms. The van der Waals surface area contributed by atoms with E-state index in [2.05, 4.69) is 31.0 Å². The Morgan fingerprint density at radius 1 is 1.64 bits per heavy atom. The van der Waals surface area contributed by atoms with Gasteiger partial charge in [-0.25, -0.2) is 0 Å². The van der Waals surface area contributed by atoms with Crippen LogP contribution in [0.1, 0.15) is 13.8 Å². The summed E-state index contributed by atoms with van der Waals surface area (Å²) in [5, 5.41) is 3.25. The van der Waals surface area contributed by atoms with Crippen LogP contribution >= 0.6 is 0 Å². The van der Waals surface area contributed by atoms with Crippen LogP contribution in [0.5, 0.6) is 0 Å². The van der Waals surface area contributed by atoms with Crippen LogP contribution < -0.4 is 5.32 Å². The highest BCUT2D eigenvalue weighted by Crippen LogP contribution is 2.14. The fraction of sp³-hybridized carbons (Fsp3) is 0.400. The SMILES string of the molecule is C=C/C(=C\C(C)=C/C)[C@@H]1CN1. The zero-order valence-electron chi connectivity index (χ0n) is 7.22. The van der Waals surface area contributed by atoms with Crippen LogP contribution in [0, 0.1) is 0 Å². The summed E-state index contributed by atoms with van der Waals surface area (Å²) in [6.07, 6.45) is 6.21. The van der Waals surface area contributed by atoms with Crippen molar-refractivity contribution in [3.05, 3.63) is 36.0 Å². The van der Waals surface area contributed by atoms with Crippen LogP contribution in [0.4, 0.5) is 0 Å². The zero-order valence-corrected chi connectivity index (χ0v) is 7.22. The molecule has 1 N–H and O–H groups in total. The zero-order chi connectivity index (χ0) is 8.27. The monoisotopic (exact) mass is 149 g/mol. The van der Waals surface area contributed by atoms with E-state index in [0.717, 1.165) is 6.54 Å². The number of hydrogen-bond donors (Lipinski definition) is 1. The molecule has 1 nitrogen and oxygen atoms in total. The smallest absolute Gasteiger partial charge is 0.0447 e. The molecule has 0 bridgehead atoms. The molecule has 0 spiro atoms. The summed E-state index contributed by atoms with van der Waals surface area (Å²) < 4.78 is 0. The van der Waals surface area contributed by atoms with Gasteiger partial charge in [-0.15, -0.1) is 0 Å². The lowest BCUT2D eigenvalue weighted by atomic mass is 10.1. The number of hydrogen-bond acceptors (Lipinski definition) is 1. The molecule has 11 heavy (non-hydrogen) atoms. The van der Waals surface area contributed by atoms with Crippen molar-refractivity contribution < 1.29 is 0 Å². The lowest BCUT2D eigenvalue weighted by Gasteiger charge is -1.96. The molecule has 1 rings (SSSR count). The van der Waals surface area contributed by atoms with E-state index in [-0.39, 0.29) is 0 Å². The Morgan fingerprint density at radius 2 is 2.27 bits per heavy atom. The van der Waals surface area contributed by atoms with E-state index in [0.29, 0.717) is 6.04 Å². The Morgan fingerprint density at radius 3 is 2.64 bits per heavy atom. The third kappa shape index (κ3) is 2.35. The fourth-order valence-corrected chi connectivity index (χ4v) is 0.943. The van der Waals surface area contributed by atoms with Crippen molar-refractivity contribution in [2.75, 3.05) is 6.54 Å². The molecular weight excluding hydrogens is 134 g/mol. The highest BCUT2D eigenvalue weighted by molar-refractivity contribution is 5.34. The van der Waals surface area contributed by atoms with Crippen molar-refractivity contribution in [3.63, 3.8) is 0 Å². The molecular formula is C10H15N. The minimum atomic E-state index is 0.572. The molecule has 0 unspecified atom stereocenters. The Hall–Kier alpha value is -0.820. The van der Waals surface area contributed by atoms with Gasteiger partial charge in [-0.3, -0.25) is 0 Å². The maximum absolute atomic E-state index is 3.77. The predicted molar refractivity (Wildman–Crippen MR) is 49.5 cm³/mol. The van der Waals surface area contributed by atoms with Crippen molar-refractivity contribution in [1.29, 1.82) is 0 Å². The first-order valence-corrected chi connectivity index (χ1v) is 3.98. The molecule has 0 amide bonds. The Kier molecular flexibility index (Phi) is 2.66. The van der Waals surface area contributed by atoms with Gasteiger partial charge in [0.25, 0.3) is 0 Å². The summed E-state index contributed by atoms with van der Waals surface area (Å²) in [6, 6.07) is 0.572. The molecule has 1 atom stereocenters. The summed E-state index contributed by atoms with van der Waals surface area (Å²) in [6.45, 7) is 9.03. The lowest BCUT2D eigenvalue weighted by Crippen LogP contribution is -1.93. The maximum Gasteiger partial charge on any atom is 0.0447 e. The van der Waals surface area contributed by atoms with Gasteiger partial charge in [0.15, 0.2) is 0 Å². The third-order valence-electron chi connectivity index (χ3n) is 1.90. The van der Waals surface area contributed by atoms with Crippen LogP contribution in [0.2, 0.25) is 0 Å². The summed E-state index contributed by atoms with van der Waals surface area (Å²) >= 11 is 0. The van der Waals surface area contributed by atoms with Crippen LogP contribution in [0.3, 0.4) is 0 Å². The quantitative estimate of drug-likeness (QED) is 0.481. The normalized spacial score (nSPS) is 25.1. The summed E-state index contributed by atoms with van der Waals surface area (Å²) in [5.74, 6) is 0. The third-order valence-corrected chi connectivity index (χ3v) is 1.90. The van der Waals surface area contributed by atoms with Gasteiger partial charge >= 0.3 is 0 Å². The summed E-state index contributed by atoms with van der Waals surface area (Å²) in [5.41, 5.74) is 2.61. The van der Waals surface area contributed by atoms with Gasteiger partial charge in [-0.2, -0.15) is 0 Å². The van der Waals surface area contributed by atoms with E-state index in [9.17, 15) is 0 Å². The Labute approximate surface area is 68.5 Å². The van der Waals surface area contributed by atoms with Crippen molar-refractivity contribution in [2.24, 2.45) is 0 Å². The number of nitrogens with one attached hydrogen (secondary N) is 1. The van der Waals surface area contributed by atoms with Gasteiger partial charge < -0.3 is 5.32 Å². The summed E-state index contributed by atoms with van der Waals surface area (Å²) in [7, 11) is 0. The molecule has 0 aromatic heterocycles. The minimum absolute atomic E-state index is 0.572. The van der Waals surface area contributed by atoms with Crippen LogP contribution in [-0.2, 0) is 0 Å². The van der Waals surface area contributed by atoms with Crippen LogP contribution in [0.15, 0.2) is 36.0 Å². The van der Waals surface area contributed by atoms with Gasteiger partial charge in [0.2, 0.25) is 0 Å². The summed E-state index contributed by atoms with van der Waals surface area (Å²) in [4.78, 5) is 0. The van der Waals surface area contributed by atoms with Gasteiger partial charge in [-0.1, -0.05) is 30.4 Å². The van der Waals surface area contributed by atoms with Crippen molar-refractivity contribution in [3.8, 4) is 0 Å². The van der Waals surface area contributed by atoms with Crippen LogP contribution in [-0.4, -0.2) is 12.6 Å². The minimum Gasteiger partial charge on any atom is -0.307 e. The molecule has 1 aliphatic rings. The molecule has 0 aromatic carbocycles. The van der Waals surface area contributed by atoms with Crippen molar-refractivity contribution >= 4 is 0 Å². The van der Waals surface area contributed by atoms with Crippen molar-refractivity contribution in [2.45, 2.75) is 19.9 Å². The number of allylic oxidation sites excluding steroid dienone is 3. The van der Waals surface area contributed by atoms with Gasteiger partial charge in [-0.05, 0) is 19.4 Å². The lowest BCUT2D eigenvalue weighted by molar-refractivity contribution is 1.14. The standard InChI is InChI=1S/C10H15N/c1-4-8(3)6-9(5-2)10-7-11-10/h4-6,10-11H,2,7H2,1,3H3/b8-4-,9-6+/t10-/m0/s1. The predicted octanol–water partition coefficient (Wildman–Crippen LogP) is 2.04.